The van der Waals surface area contributed by atoms with Crippen molar-refractivity contribution in [2.45, 2.75) is 70.1 Å². The van der Waals surface area contributed by atoms with E-state index in [0.717, 1.165) is 37.1 Å². The third kappa shape index (κ3) is 3.87. The molecule has 3 aliphatic rings. The molecule has 6 heteroatoms. The van der Waals surface area contributed by atoms with Gasteiger partial charge in [-0.15, -0.1) is 0 Å². The minimum Gasteiger partial charge on any atom is -0.337 e. The zero-order valence-corrected chi connectivity index (χ0v) is 18.5. The van der Waals surface area contributed by atoms with Crippen LogP contribution in [-0.4, -0.2) is 50.1 Å². The fourth-order valence-electron chi connectivity index (χ4n) is 6.03. The molecule has 0 unspecified atom stereocenters. The van der Waals surface area contributed by atoms with Gasteiger partial charge in [-0.05, 0) is 38.3 Å². The molecule has 0 spiro atoms. The van der Waals surface area contributed by atoms with Crippen LogP contribution in [0.2, 0.25) is 0 Å². The van der Waals surface area contributed by atoms with E-state index in [2.05, 4.69) is 38.5 Å². The zero-order chi connectivity index (χ0) is 20.7. The largest absolute Gasteiger partial charge is 0.337 e. The SMILES string of the molecule is CN(Cc1ccc2n(c1=O)C[C@H]1C[C@@H]2CN(C2CCCCC2)C1)Cc1nccn1C. The first-order valence-corrected chi connectivity index (χ1v) is 11.7. The van der Waals surface area contributed by atoms with Crippen LogP contribution in [0, 0.1) is 5.92 Å². The second-order valence-corrected chi connectivity index (χ2v) is 9.87. The Balaban J connectivity index is 1.32. The van der Waals surface area contributed by atoms with Crippen LogP contribution < -0.4 is 5.56 Å². The Morgan fingerprint density at radius 3 is 2.70 bits per heavy atom. The van der Waals surface area contributed by atoms with Crippen molar-refractivity contribution in [3.8, 4) is 0 Å². The molecule has 0 N–H and O–H groups in total. The number of rotatable bonds is 5. The molecule has 2 aromatic rings. The Morgan fingerprint density at radius 1 is 1.10 bits per heavy atom. The zero-order valence-electron chi connectivity index (χ0n) is 18.5. The van der Waals surface area contributed by atoms with Gasteiger partial charge in [0.15, 0.2) is 0 Å². The van der Waals surface area contributed by atoms with E-state index in [9.17, 15) is 4.79 Å². The molecule has 2 bridgehead atoms. The number of likely N-dealkylation sites (tertiary alicyclic amines) is 1. The summed E-state index contributed by atoms with van der Waals surface area (Å²) in [5.74, 6) is 2.16. The van der Waals surface area contributed by atoms with E-state index in [0.29, 0.717) is 18.4 Å². The van der Waals surface area contributed by atoms with Crippen molar-refractivity contribution >= 4 is 0 Å². The van der Waals surface area contributed by atoms with E-state index in [-0.39, 0.29) is 5.56 Å². The number of aromatic nitrogens is 3. The van der Waals surface area contributed by atoms with Gasteiger partial charge in [0.1, 0.15) is 5.82 Å². The Labute approximate surface area is 179 Å². The molecular formula is C24H35N5O. The highest BCUT2D eigenvalue weighted by Crippen LogP contribution is 2.37. The van der Waals surface area contributed by atoms with Crippen molar-refractivity contribution in [1.29, 1.82) is 0 Å². The third-order valence-corrected chi connectivity index (χ3v) is 7.57. The van der Waals surface area contributed by atoms with Gasteiger partial charge in [0.25, 0.3) is 5.56 Å². The van der Waals surface area contributed by atoms with Crippen LogP contribution >= 0.6 is 0 Å². The number of piperidine rings is 1. The quantitative estimate of drug-likeness (QED) is 0.762. The van der Waals surface area contributed by atoms with Crippen LogP contribution in [0.4, 0.5) is 0 Å². The van der Waals surface area contributed by atoms with Crippen molar-refractivity contribution in [1.82, 2.24) is 23.9 Å². The molecule has 0 aromatic carbocycles. The molecule has 1 aliphatic carbocycles. The van der Waals surface area contributed by atoms with Gasteiger partial charge in [-0.2, -0.15) is 0 Å². The predicted octanol–water partition coefficient (Wildman–Crippen LogP) is 2.97. The average molecular weight is 410 g/mol. The Bertz CT molecular complexity index is 941. The number of imidazole rings is 1. The summed E-state index contributed by atoms with van der Waals surface area (Å²) < 4.78 is 4.15. The minimum atomic E-state index is 0.222. The van der Waals surface area contributed by atoms with Crippen molar-refractivity contribution < 1.29 is 0 Å². The van der Waals surface area contributed by atoms with E-state index >= 15 is 0 Å². The third-order valence-electron chi connectivity index (χ3n) is 7.57. The number of hydrogen-bond donors (Lipinski definition) is 0. The molecule has 2 fully saturated rings. The number of aryl methyl sites for hydroxylation is 1. The van der Waals surface area contributed by atoms with Gasteiger partial charge in [0.2, 0.25) is 0 Å². The molecule has 1 saturated heterocycles. The van der Waals surface area contributed by atoms with Gasteiger partial charge in [-0.1, -0.05) is 25.3 Å². The molecule has 162 valence electrons. The molecule has 4 heterocycles. The second kappa shape index (κ2) is 8.31. The molecule has 2 aromatic heterocycles. The lowest BCUT2D eigenvalue weighted by Crippen LogP contribution is -2.51. The first-order valence-electron chi connectivity index (χ1n) is 11.7. The standard InChI is InChI=1S/C24H35N5O/c1-26(17-23-25-10-11-27(23)2)15-19-8-9-22-20-12-18(14-29(22)24(19)30)13-28(16-20)21-6-4-3-5-7-21/h8-11,18,20-21H,3-7,12-17H2,1-2H3/t18-,20+/m0/s1. The maximum atomic E-state index is 13.3. The topological polar surface area (TPSA) is 46.3 Å². The van der Waals surface area contributed by atoms with Crippen molar-refractivity contribution in [3.63, 3.8) is 0 Å². The molecule has 5 rings (SSSR count). The molecule has 2 aliphatic heterocycles. The summed E-state index contributed by atoms with van der Waals surface area (Å²) in [5, 5.41) is 0. The van der Waals surface area contributed by atoms with Gasteiger partial charge in [-0.3, -0.25) is 14.6 Å². The van der Waals surface area contributed by atoms with Crippen LogP contribution in [0.5, 0.6) is 0 Å². The first kappa shape index (κ1) is 20.0. The maximum Gasteiger partial charge on any atom is 0.255 e. The van der Waals surface area contributed by atoms with Gasteiger partial charge < -0.3 is 9.13 Å². The van der Waals surface area contributed by atoms with Crippen molar-refractivity contribution in [2.75, 3.05) is 20.1 Å². The van der Waals surface area contributed by atoms with Gasteiger partial charge >= 0.3 is 0 Å². The fourth-order valence-corrected chi connectivity index (χ4v) is 6.03. The normalized spacial score (nSPS) is 24.9. The van der Waals surface area contributed by atoms with Gasteiger partial charge in [0, 0.05) is 68.8 Å². The van der Waals surface area contributed by atoms with Crippen molar-refractivity contribution in [2.24, 2.45) is 13.0 Å². The lowest BCUT2D eigenvalue weighted by atomic mass is 9.81. The molecular weight excluding hydrogens is 374 g/mol. The van der Waals surface area contributed by atoms with Gasteiger partial charge in [-0.25, -0.2) is 4.98 Å². The van der Waals surface area contributed by atoms with E-state index in [1.807, 2.05) is 24.0 Å². The van der Waals surface area contributed by atoms with Gasteiger partial charge in [0.05, 0.1) is 6.54 Å². The van der Waals surface area contributed by atoms with Crippen LogP contribution in [0.25, 0.3) is 0 Å². The van der Waals surface area contributed by atoms with Crippen LogP contribution in [0.1, 0.15) is 61.5 Å². The number of nitrogens with zero attached hydrogens (tertiary/aromatic N) is 5. The Hall–Kier alpha value is -1.92. The minimum absolute atomic E-state index is 0.222. The summed E-state index contributed by atoms with van der Waals surface area (Å²) >= 11 is 0. The summed E-state index contributed by atoms with van der Waals surface area (Å²) in [6.45, 7) is 4.61. The van der Waals surface area contributed by atoms with Crippen LogP contribution in [0.15, 0.2) is 29.3 Å². The van der Waals surface area contributed by atoms with Crippen LogP contribution in [-0.2, 0) is 26.7 Å². The Morgan fingerprint density at radius 2 is 1.93 bits per heavy atom. The fraction of sp³-hybridized carbons (Fsp3) is 0.667. The summed E-state index contributed by atoms with van der Waals surface area (Å²) in [5.41, 5.74) is 2.40. The van der Waals surface area contributed by atoms with E-state index < -0.39 is 0 Å². The second-order valence-electron chi connectivity index (χ2n) is 9.87. The van der Waals surface area contributed by atoms with Crippen molar-refractivity contribution in [3.05, 3.63) is 52.0 Å². The number of fused-ring (bicyclic) bond motifs is 4. The molecule has 30 heavy (non-hydrogen) atoms. The molecule has 2 atom stereocenters. The predicted molar refractivity (Wildman–Crippen MR) is 118 cm³/mol. The van der Waals surface area contributed by atoms with E-state index in [1.165, 1.54) is 50.8 Å². The smallest absolute Gasteiger partial charge is 0.255 e. The summed E-state index contributed by atoms with van der Waals surface area (Å²) in [7, 11) is 4.08. The molecule has 6 nitrogen and oxygen atoms in total. The van der Waals surface area contributed by atoms with E-state index in [4.69, 9.17) is 0 Å². The van der Waals surface area contributed by atoms with E-state index in [1.54, 1.807) is 0 Å². The highest BCUT2D eigenvalue weighted by atomic mass is 16.1. The average Bonchev–Trinajstić information content (AvgIpc) is 3.15. The molecule has 1 saturated carbocycles. The Kier molecular flexibility index (Phi) is 5.54. The molecule has 0 amide bonds. The lowest BCUT2D eigenvalue weighted by molar-refractivity contribution is 0.0646. The van der Waals surface area contributed by atoms with Crippen LogP contribution in [0.3, 0.4) is 0 Å². The number of hydrogen-bond acceptors (Lipinski definition) is 4. The summed E-state index contributed by atoms with van der Waals surface area (Å²) in [6, 6.07) is 5.11. The lowest BCUT2D eigenvalue weighted by Gasteiger charge is -2.46. The highest BCUT2D eigenvalue weighted by molar-refractivity contribution is 5.22. The first-order chi connectivity index (χ1) is 14.6. The maximum absolute atomic E-state index is 13.3. The summed E-state index contributed by atoms with van der Waals surface area (Å²) in [6.07, 6.45) is 12.0. The molecule has 0 radical (unpaired) electrons. The highest BCUT2D eigenvalue weighted by Gasteiger charge is 2.37. The monoisotopic (exact) mass is 409 g/mol. The summed E-state index contributed by atoms with van der Waals surface area (Å²) in [4.78, 5) is 22.7. The number of pyridine rings is 1.